The molecule has 0 saturated heterocycles. The molecule has 0 radical (unpaired) electrons. The Morgan fingerprint density at radius 3 is 2.14 bits per heavy atom. The second-order valence-corrected chi connectivity index (χ2v) is 5.88. The Hall–Kier alpha value is -0.0400. The van der Waals surface area contributed by atoms with Crippen molar-refractivity contribution >= 4 is 16.8 Å². The lowest BCUT2D eigenvalue weighted by Gasteiger charge is -2.40. The fraction of sp³-hybridized carbons (Fsp3) is 0.917. The molecule has 0 aromatic rings. The topological polar surface area (TPSA) is 17.1 Å². The molecule has 2 fully saturated rings. The number of hydrogen-bond donors (Lipinski definition) is 0. The highest BCUT2D eigenvalue weighted by molar-refractivity contribution is 6.64. The van der Waals surface area contributed by atoms with Gasteiger partial charge in [0.15, 0.2) is 0 Å². The van der Waals surface area contributed by atoms with Gasteiger partial charge in [-0.15, -0.1) is 0 Å². The minimum Gasteiger partial charge on any atom is -0.281 e. The summed E-state index contributed by atoms with van der Waals surface area (Å²) in [5.41, 5.74) is -0.189. The molecule has 0 aliphatic heterocycles. The molecule has 0 heterocycles. The van der Waals surface area contributed by atoms with Crippen LogP contribution in [-0.4, -0.2) is 5.24 Å². The van der Waals surface area contributed by atoms with Crippen LogP contribution in [-0.2, 0) is 4.79 Å². The van der Waals surface area contributed by atoms with E-state index in [1.807, 2.05) is 0 Å². The fourth-order valence-corrected chi connectivity index (χ4v) is 3.89. The summed E-state index contributed by atoms with van der Waals surface area (Å²) in [6.07, 6.45) is 6.08. The molecule has 2 saturated carbocycles. The summed E-state index contributed by atoms with van der Waals surface area (Å²) in [6, 6.07) is 0. The highest BCUT2D eigenvalue weighted by atomic mass is 35.5. The zero-order valence-corrected chi connectivity index (χ0v) is 9.81. The van der Waals surface area contributed by atoms with Crippen LogP contribution >= 0.6 is 11.6 Å². The Labute approximate surface area is 91.2 Å². The molecule has 0 aromatic carbocycles. The van der Waals surface area contributed by atoms with Gasteiger partial charge < -0.3 is 0 Å². The normalized spacial score (nSPS) is 41.7. The van der Waals surface area contributed by atoms with Crippen molar-refractivity contribution in [1.82, 2.24) is 0 Å². The SMILES string of the molecule is CC(C)C1(C(=O)Cl)CC2CCC(C2)C1. The van der Waals surface area contributed by atoms with E-state index in [2.05, 4.69) is 13.8 Å². The van der Waals surface area contributed by atoms with Gasteiger partial charge >= 0.3 is 0 Å². The second kappa shape index (κ2) is 3.52. The molecular weight excluding hydrogens is 196 g/mol. The highest BCUT2D eigenvalue weighted by Crippen LogP contribution is 2.54. The van der Waals surface area contributed by atoms with Crippen LogP contribution in [0.4, 0.5) is 0 Å². The van der Waals surface area contributed by atoms with Crippen molar-refractivity contribution in [2.45, 2.75) is 46.0 Å². The van der Waals surface area contributed by atoms with Crippen LogP contribution in [0.2, 0.25) is 0 Å². The minimum absolute atomic E-state index is 0.0795. The summed E-state index contributed by atoms with van der Waals surface area (Å²) in [5, 5.41) is -0.0795. The molecule has 1 nitrogen and oxygen atoms in total. The summed E-state index contributed by atoms with van der Waals surface area (Å²) in [6.45, 7) is 4.29. The molecule has 2 aliphatic rings. The average Bonchev–Trinajstić information content (AvgIpc) is 2.44. The first-order chi connectivity index (χ1) is 6.54. The maximum absolute atomic E-state index is 11.6. The van der Waals surface area contributed by atoms with Gasteiger partial charge in [0, 0.05) is 5.41 Å². The molecule has 14 heavy (non-hydrogen) atoms. The Morgan fingerprint density at radius 1 is 1.29 bits per heavy atom. The number of fused-ring (bicyclic) bond motifs is 2. The van der Waals surface area contributed by atoms with Crippen LogP contribution in [0.1, 0.15) is 46.0 Å². The maximum atomic E-state index is 11.6. The van der Waals surface area contributed by atoms with E-state index in [-0.39, 0.29) is 10.7 Å². The van der Waals surface area contributed by atoms with Crippen LogP contribution in [0.25, 0.3) is 0 Å². The van der Waals surface area contributed by atoms with Crippen molar-refractivity contribution in [3.05, 3.63) is 0 Å². The van der Waals surface area contributed by atoms with Crippen molar-refractivity contribution in [2.24, 2.45) is 23.2 Å². The third kappa shape index (κ3) is 1.50. The highest BCUT2D eigenvalue weighted by Gasteiger charge is 2.49. The van der Waals surface area contributed by atoms with Gasteiger partial charge in [-0.3, -0.25) is 4.79 Å². The van der Waals surface area contributed by atoms with E-state index < -0.39 is 0 Å². The predicted molar refractivity (Wildman–Crippen MR) is 58.2 cm³/mol. The average molecular weight is 215 g/mol. The van der Waals surface area contributed by atoms with Gasteiger partial charge in [-0.05, 0) is 48.6 Å². The number of hydrogen-bond acceptors (Lipinski definition) is 1. The van der Waals surface area contributed by atoms with E-state index in [1.165, 1.54) is 19.3 Å². The van der Waals surface area contributed by atoms with Gasteiger partial charge in [0.25, 0.3) is 0 Å². The quantitative estimate of drug-likeness (QED) is 0.642. The van der Waals surface area contributed by atoms with Gasteiger partial charge in [0.05, 0.1) is 0 Å². The van der Waals surface area contributed by atoms with Crippen molar-refractivity contribution < 1.29 is 4.79 Å². The summed E-state index contributed by atoms with van der Waals surface area (Å²) < 4.78 is 0. The molecule has 2 heteroatoms. The Bertz CT molecular complexity index is 235. The molecule has 2 unspecified atom stereocenters. The molecule has 0 N–H and O–H groups in total. The third-order valence-electron chi connectivity index (χ3n) is 4.45. The van der Waals surface area contributed by atoms with E-state index in [1.54, 1.807) is 0 Å². The summed E-state index contributed by atoms with van der Waals surface area (Å²) >= 11 is 5.83. The van der Waals surface area contributed by atoms with E-state index in [0.29, 0.717) is 5.92 Å². The van der Waals surface area contributed by atoms with Crippen molar-refractivity contribution in [3.63, 3.8) is 0 Å². The standard InChI is InChI=1S/C12H19ClO/c1-8(2)12(11(13)14)6-9-3-4-10(5-9)7-12/h8-10H,3-7H2,1-2H3. The first-order valence-electron chi connectivity index (χ1n) is 5.74. The number of carbonyl (C=O) groups is 1. The number of rotatable bonds is 2. The molecule has 2 rings (SSSR count). The summed E-state index contributed by atoms with van der Waals surface area (Å²) in [5.74, 6) is 1.95. The smallest absolute Gasteiger partial charge is 0.228 e. The molecule has 2 bridgehead atoms. The first-order valence-corrected chi connectivity index (χ1v) is 6.12. The lowest BCUT2D eigenvalue weighted by Crippen LogP contribution is -2.39. The van der Waals surface area contributed by atoms with Crippen LogP contribution in [0, 0.1) is 23.2 Å². The molecule has 0 spiro atoms. The van der Waals surface area contributed by atoms with Crippen LogP contribution in [0.3, 0.4) is 0 Å². The van der Waals surface area contributed by atoms with Crippen LogP contribution in [0.5, 0.6) is 0 Å². The Balaban J connectivity index is 2.24. The molecule has 0 amide bonds. The van der Waals surface area contributed by atoms with Gasteiger partial charge in [-0.1, -0.05) is 26.7 Å². The third-order valence-corrected chi connectivity index (χ3v) is 4.83. The van der Waals surface area contributed by atoms with Gasteiger partial charge in [0.2, 0.25) is 5.24 Å². The fourth-order valence-electron chi connectivity index (χ4n) is 3.52. The number of halogens is 1. The lowest BCUT2D eigenvalue weighted by molar-refractivity contribution is -0.126. The summed E-state index contributed by atoms with van der Waals surface area (Å²) in [4.78, 5) is 11.6. The van der Waals surface area contributed by atoms with E-state index in [4.69, 9.17) is 11.6 Å². The molecule has 80 valence electrons. The number of carbonyl (C=O) groups excluding carboxylic acids is 1. The molecule has 2 atom stereocenters. The molecular formula is C12H19ClO. The summed E-state index contributed by atoms with van der Waals surface area (Å²) in [7, 11) is 0. The van der Waals surface area contributed by atoms with Crippen molar-refractivity contribution in [1.29, 1.82) is 0 Å². The van der Waals surface area contributed by atoms with Gasteiger partial charge in [-0.2, -0.15) is 0 Å². The van der Waals surface area contributed by atoms with E-state index in [9.17, 15) is 4.79 Å². The van der Waals surface area contributed by atoms with Crippen molar-refractivity contribution in [3.8, 4) is 0 Å². The lowest BCUT2D eigenvalue weighted by atomic mass is 9.64. The molecule has 0 aromatic heterocycles. The van der Waals surface area contributed by atoms with E-state index in [0.717, 1.165) is 24.7 Å². The largest absolute Gasteiger partial charge is 0.281 e. The second-order valence-electron chi connectivity index (χ2n) is 5.54. The predicted octanol–water partition coefficient (Wildman–Crippen LogP) is 3.60. The van der Waals surface area contributed by atoms with Gasteiger partial charge in [-0.25, -0.2) is 0 Å². The zero-order chi connectivity index (χ0) is 10.3. The van der Waals surface area contributed by atoms with Crippen LogP contribution < -0.4 is 0 Å². The minimum atomic E-state index is -0.189. The van der Waals surface area contributed by atoms with E-state index >= 15 is 0 Å². The van der Waals surface area contributed by atoms with Gasteiger partial charge in [0.1, 0.15) is 0 Å². The zero-order valence-electron chi connectivity index (χ0n) is 9.05. The Morgan fingerprint density at radius 2 is 1.79 bits per heavy atom. The van der Waals surface area contributed by atoms with Crippen molar-refractivity contribution in [2.75, 3.05) is 0 Å². The maximum Gasteiger partial charge on any atom is 0.228 e. The molecule has 2 aliphatic carbocycles. The Kier molecular flexibility index (Phi) is 2.63. The first kappa shape index (κ1) is 10.5. The van der Waals surface area contributed by atoms with Crippen LogP contribution in [0.15, 0.2) is 0 Å². The monoisotopic (exact) mass is 214 g/mol.